The molecule has 0 aromatic heterocycles. The lowest BCUT2D eigenvalue weighted by Crippen LogP contribution is -2.13. The van der Waals surface area contributed by atoms with E-state index in [9.17, 15) is 0 Å². The third-order valence-corrected chi connectivity index (χ3v) is 3.29. The molecule has 0 heterocycles. The summed E-state index contributed by atoms with van der Waals surface area (Å²) in [6.07, 6.45) is 6.77. The highest BCUT2D eigenvalue weighted by Gasteiger charge is 2.18. The van der Waals surface area contributed by atoms with Gasteiger partial charge in [0.25, 0.3) is 0 Å². The van der Waals surface area contributed by atoms with Crippen molar-refractivity contribution in [3.8, 4) is 0 Å². The van der Waals surface area contributed by atoms with Crippen molar-refractivity contribution in [3.05, 3.63) is 35.9 Å². The molecule has 2 N–H and O–H groups in total. The Labute approximate surface area is 86.3 Å². The van der Waals surface area contributed by atoms with E-state index in [-0.39, 0.29) is 6.04 Å². The van der Waals surface area contributed by atoms with Crippen molar-refractivity contribution in [2.75, 3.05) is 0 Å². The Morgan fingerprint density at radius 1 is 1.14 bits per heavy atom. The van der Waals surface area contributed by atoms with Crippen molar-refractivity contribution in [2.45, 2.75) is 38.1 Å². The van der Waals surface area contributed by atoms with Crippen molar-refractivity contribution in [2.24, 2.45) is 11.7 Å². The molecule has 0 aliphatic heterocycles. The van der Waals surface area contributed by atoms with Gasteiger partial charge in [-0.25, -0.2) is 0 Å². The van der Waals surface area contributed by atoms with Gasteiger partial charge in [0.05, 0.1) is 0 Å². The van der Waals surface area contributed by atoms with Crippen LogP contribution in [-0.2, 0) is 0 Å². The minimum absolute atomic E-state index is 0.249. The Morgan fingerprint density at radius 3 is 2.43 bits per heavy atom. The summed E-state index contributed by atoms with van der Waals surface area (Å²) < 4.78 is 0. The fourth-order valence-corrected chi connectivity index (χ4v) is 2.44. The molecule has 0 bridgehead atoms. The molecule has 1 aromatic carbocycles. The molecule has 1 heteroatoms. The maximum absolute atomic E-state index is 6.17. The fourth-order valence-electron chi connectivity index (χ4n) is 2.44. The normalized spacial score (nSPS) is 19.8. The predicted molar refractivity (Wildman–Crippen MR) is 59.9 cm³/mol. The quantitative estimate of drug-likeness (QED) is 0.776. The van der Waals surface area contributed by atoms with Gasteiger partial charge in [0.2, 0.25) is 0 Å². The number of rotatable bonds is 3. The summed E-state index contributed by atoms with van der Waals surface area (Å²) in [5.74, 6) is 0.880. The molecule has 1 aromatic rings. The maximum Gasteiger partial charge on any atom is 0.0297 e. The smallest absolute Gasteiger partial charge is 0.0297 e. The lowest BCUT2D eigenvalue weighted by Gasteiger charge is -2.16. The van der Waals surface area contributed by atoms with E-state index in [0.29, 0.717) is 0 Å². The van der Waals surface area contributed by atoms with E-state index in [1.807, 2.05) is 6.07 Å². The van der Waals surface area contributed by atoms with Crippen LogP contribution in [0.15, 0.2) is 30.3 Å². The number of nitrogens with two attached hydrogens (primary N) is 1. The lowest BCUT2D eigenvalue weighted by atomic mass is 9.94. The van der Waals surface area contributed by atoms with Crippen molar-refractivity contribution < 1.29 is 0 Å². The minimum atomic E-state index is 0.249. The molecule has 0 unspecified atom stereocenters. The molecule has 1 aliphatic carbocycles. The highest BCUT2D eigenvalue weighted by atomic mass is 14.6. The summed E-state index contributed by atoms with van der Waals surface area (Å²) in [4.78, 5) is 0. The SMILES string of the molecule is N[C@H](CC1CCCC1)c1ccccc1. The van der Waals surface area contributed by atoms with Crippen LogP contribution >= 0.6 is 0 Å². The van der Waals surface area contributed by atoms with Crippen LogP contribution in [0, 0.1) is 5.92 Å². The Hall–Kier alpha value is -0.820. The van der Waals surface area contributed by atoms with Crippen LogP contribution in [0.2, 0.25) is 0 Å². The third-order valence-electron chi connectivity index (χ3n) is 3.29. The lowest BCUT2D eigenvalue weighted by molar-refractivity contribution is 0.451. The van der Waals surface area contributed by atoms with Crippen LogP contribution < -0.4 is 5.73 Å². The van der Waals surface area contributed by atoms with Crippen LogP contribution in [0.5, 0.6) is 0 Å². The Bertz CT molecular complexity index is 262. The summed E-state index contributed by atoms with van der Waals surface area (Å²) >= 11 is 0. The molecule has 0 amide bonds. The third kappa shape index (κ3) is 2.36. The van der Waals surface area contributed by atoms with Gasteiger partial charge in [0, 0.05) is 6.04 Å². The monoisotopic (exact) mass is 189 g/mol. The zero-order valence-electron chi connectivity index (χ0n) is 8.65. The van der Waals surface area contributed by atoms with E-state index in [1.54, 1.807) is 0 Å². The van der Waals surface area contributed by atoms with E-state index in [4.69, 9.17) is 5.73 Å². The summed E-state index contributed by atoms with van der Waals surface area (Å²) in [7, 11) is 0. The van der Waals surface area contributed by atoms with Crippen LogP contribution in [0.1, 0.15) is 43.7 Å². The highest BCUT2D eigenvalue weighted by molar-refractivity contribution is 5.18. The average molecular weight is 189 g/mol. The van der Waals surface area contributed by atoms with E-state index in [0.717, 1.165) is 5.92 Å². The summed E-state index contributed by atoms with van der Waals surface area (Å²) in [6.45, 7) is 0. The van der Waals surface area contributed by atoms with E-state index >= 15 is 0 Å². The number of hydrogen-bond donors (Lipinski definition) is 1. The van der Waals surface area contributed by atoms with Crippen molar-refractivity contribution in [1.82, 2.24) is 0 Å². The van der Waals surface area contributed by atoms with Crippen LogP contribution in [0.4, 0.5) is 0 Å². The molecule has 1 atom stereocenters. The van der Waals surface area contributed by atoms with Crippen molar-refractivity contribution in [3.63, 3.8) is 0 Å². The largest absolute Gasteiger partial charge is 0.324 e. The zero-order valence-corrected chi connectivity index (χ0v) is 8.65. The maximum atomic E-state index is 6.17. The molecule has 1 saturated carbocycles. The van der Waals surface area contributed by atoms with Gasteiger partial charge in [0.15, 0.2) is 0 Å². The molecular formula is C13H19N. The minimum Gasteiger partial charge on any atom is -0.324 e. The van der Waals surface area contributed by atoms with Gasteiger partial charge < -0.3 is 5.73 Å². The molecule has 0 spiro atoms. The second-order valence-electron chi connectivity index (χ2n) is 4.40. The number of hydrogen-bond acceptors (Lipinski definition) is 1. The summed E-state index contributed by atoms with van der Waals surface area (Å²) in [5.41, 5.74) is 7.47. The van der Waals surface area contributed by atoms with Crippen LogP contribution in [0.3, 0.4) is 0 Å². The van der Waals surface area contributed by atoms with E-state index in [2.05, 4.69) is 24.3 Å². The number of benzene rings is 1. The molecule has 1 fully saturated rings. The molecule has 14 heavy (non-hydrogen) atoms. The second-order valence-corrected chi connectivity index (χ2v) is 4.40. The van der Waals surface area contributed by atoms with Gasteiger partial charge in [-0.15, -0.1) is 0 Å². The van der Waals surface area contributed by atoms with Crippen molar-refractivity contribution >= 4 is 0 Å². The van der Waals surface area contributed by atoms with Gasteiger partial charge in [-0.2, -0.15) is 0 Å². The summed E-state index contributed by atoms with van der Waals surface area (Å²) in [5, 5.41) is 0. The average Bonchev–Trinajstić information content (AvgIpc) is 2.72. The van der Waals surface area contributed by atoms with Gasteiger partial charge in [0.1, 0.15) is 0 Å². The second kappa shape index (κ2) is 4.61. The molecule has 0 saturated heterocycles. The Kier molecular flexibility index (Phi) is 3.20. The van der Waals surface area contributed by atoms with E-state index < -0.39 is 0 Å². The molecular weight excluding hydrogens is 170 g/mol. The highest BCUT2D eigenvalue weighted by Crippen LogP contribution is 2.31. The predicted octanol–water partition coefficient (Wildman–Crippen LogP) is 3.27. The zero-order chi connectivity index (χ0) is 9.80. The molecule has 76 valence electrons. The molecule has 2 rings (SSSR count). The first-order valence-electron chi connectivity index (χ1n) is 5.67. The van der Waals surface area contributed by atoms with Gasteiger partial charge >= 0.3 is 0 Å². The Morgan fingerprint density at radius 2 is 1.79 bits per heavy atom. The first-order valence-corrected chi connectivity index (χ1v) is 5.67. The molecule has 1 aliphatic rings. The van der Waals surface area contributed by atoms with E-state index in [1.165, 1.54) is 37.7 Å². The standard InChI is InChI=1S/C13H19N/c14-13(10-11-6-4-5-7-11)12-8-2-1-3-9-12/h1-3,8-9,11,13H,4-7,10,14H2/t13-/m1/s1. The van der Waals surface area contributed by atoms with Gasteiger partial charge in [-0.3, -0.25) is 0 Å². The molecule has 1 nitrogen and oxygen atoms in total. The van der Waals surface area contributed by atoms with Crippen molar-refractivity contribution in [1.29, 1.82) is 0 Å². The van der Waals surface area contributed by atoms with Gasteiger partial charge in [-0.05, 0) is 17.9 Å². The summed E-state index contributed by atoms with van der Waals surface area (Å²) in [6, 6.07) is 10.7. The fraction of sp³-hybridized carbons (Fsp3) is 0.538. The first kappa shape index (κ1) is 9.72. The van der Waals surface area contributed by atoms with Crippen LogP contribution in [0.25, 0.3) is 0 Å². The van der Waals surface area contributed by atoms with Gasteiger partial charge in [-0.1, -0.05) is 56.0 Å². The first-order chi connectivity index (χ1) is 6.86. The Balaban J connectivity index is 1.92. The van der Waals surface area contributed by atoms with Crippen LogP contribution in [-0.4, -0.2) is 0 Å². The molecule has 0 radical (unpaired) electrons. The topological polar surface area (TPSA) is 26.0 Å².